The van der Waals surface area contributed by atoms with Gasteiger partial charge < -0.3 is 49.3 Å². The predicted octanol–water partition coefficient (Wildman–Crippen LogP) is 6.44. The number of nitrogens with one attached hydrogen (secondary N) is 4. The Balaban J connectivity index is 0.805. The summed E-state index contributed by atoms with van der Waals surface area (Å²) >= 11 is 0. The van der Waals surface area contributed by atoms with Crippen LogP contribution in [-0.4, -0.2) is 117 Å². The van der Waals surface area contributed by atoms with E-state index in [9.17, 15) is 19.2 Å². The fraction of sp³-hybridized carbons (Fsp3) is 0.522. The molecule has 2 aromatic carbocycles. The summed E-state index contributed by atoms with van der Waals surface area (Å²) in [5, 5.41) is 5.49. The van der Waals surface area contributed by atoms with Crippen molar-refractivity contribution < 1.29 is 38.1 Å². The highest BCUT2D eigenvalue weighted by atomic mass is 16.6. The first kappa shape index (κ1) is 41.6. The number of ether oxygens (including phenoxy) is 4. The lowest BCUT2D eigenvalue weighted by Crippen LogP contribution is -2.51. The van der Waals surface area contributed by atoms with Crippen LogP contribution in [0.4, 0.5) is 9.59 Å². The zero-order valence-electron chi connectivity index (χ0n) is 35.3. The average molecular weight is 849 g/mol. The van der Waals surface area contributed by atoms with Crippen LogP contribution in [0.2, 0.25) is 0 Å². The molecule has 62 heavy (non-hydrogen) atoms. The number of carbonyl (C=O) groups excluding carboxylic acids is 4. The van der Waals surface area contributed by atoms with Crippen molar-refractivity contribution in [1.82, 2.24) is 40.4 Å². The molecule has 1 aliphatic carbocycles. The molecule has 4 aromatic rings. The van der Waals surface area contributed by atoms with Gasteiger partial charge in [-0.15, -0.1) is 0 Å². The van der Waals surface area contributed by atoms with Gasteiger partial charge in [0.1, 0.15) is 35.9 Å². The number of fused-ring (bicyclic) bond motifs is 2. The lowest BCUT2D eigenvalue weighted by molar-refractivity contribution is -0.138. The van der Waals surface area contributed by atoms with E-state index in [0.717, 1.165) is 77.4 Å². The van der Waals surface area contributed by atoms with E-state index < -0.39 is 24.3 Å². The number of piperidine rings is 1. The summed E-state index contributed by atoms with van der Waals surface area (Å²) < 4.78 is 21.8. The Labute approximate surface area is 360 Å². The van der Waals surface area contributed by atoms with E-state index in [1.807, 2.05) is 11.1 Å². The fourth-order valence-corrected chi connectivity index (χ4v) is 9.85. The molecule has 5 aliphatic rings. The first-order valence-electron chi connectivity index (χ1n) is 22.2. The Hall–Kier alpha value is -5.74. The summed E-state index contributed by atoms with van der Waals surface area (Å²) in [7, 11) is 0. The molecule has 4 N–H and O–H groups in total. The number of rotatable bonds is 11. The predicted molar refractivity (Wildman–Crippen MR) is 227 cm³/mol. The molecule has 0 radical (unpaired) electrons. The van der Waals surface area contributed by atoms with Crippen LogP contribution in [0, 0.1) is 5.92 Å². The maximum absolute atomic E-state index is 13.8. The van der Waals surface area contributed by atoms with Gasteiger partial charge >= 0.3 is 12.2 Å². The second-order valence-electron chi connectivity index (χ2n) is 17.3. The van der Waals surface area contributed by atoms with Crippen LogP contribution in [0.25, 0.3) is 33.6 Å². The molecule has 2 aromatic heterocycles. The standard InChI is InChI=1S/C46H56N8O8/c1-27(49-45(57)61-35-15-20-59-21-16-35)43(55)53-19-3-4-39(53)41-47-25-37(51-41)31-9-5-29(6-10-31)30-7-11-32(12-8-30)38-26-48-42(52-38)40-33-13-14-34(24-33)54(40)44(56)28(2)50-46(58)62-36-17-22-60-23-18-36/h5-12,25-28,33-36,39-40H,3-4,13-24H2,1-2H3,(H,47,51)(H,48,52)(H,49,57)(H,50,58)/t27?,28?,33-,34-,39-,40+/m0/s1. The summed E-state index contributed by atoms with van der Waals surface area (Å²) in [6.45, 7) is 6.26. The van der Waals surface area contributed by atoms with E-state index in [2.05, 4.69) is 74.1 Å². The molecule has 6 heterocycles. The molecule has 9 rings (SSSR count). The Kier molecular flexibility index (Phi) is 12.3. The van der Waals surface area contributed by atoms with Crippen LogP contribution in [0.15, 0.2) is 60.9 Å². The molecule has 328 valence electrons. The van der Waals surface area contributed by atoms with Gasteiger partial charge in [0.2, 0.25) is 11.8 Å². The van der Waals surface area contributed by atoms with E-state index in [4.69, 9.17) is 23.9 Å². The minimum atomic E-state index is -0.730. The smallest absolute Gasteiger partial charge is 0.408 e. The average Bonchev–Trinajstić information content (AvgIpc) is 4.16. The van der Waals surface area contributed by atoms with Gasteiger partial charge in [0.15, 0.2) is 0 Å². The van der Waals surface area contributed by atoms with Crippen LogP contribution in [-0.2, 0) is 28.5 Å². The van der Waals surface area contributed by atoms with E-state index >= 15 is 0 Å². The van der Waals surface area contributed by atoms with Crippen LogP contribution >= 0.6 is 0 Å². The highest BCUT2D eigenvalue weighted by molar-refractivity contribution is 5.87. The fourth-order valence-electron chi connectivity index (χ4n) is 9.85. The summed E-state index contributed by atoms with van der Waals surface area (Å²) in [6.07, 6.45) is 9.26. The third-order valence-corrected chi connectivity index (χ3v) is 13.2. The molecule has 4 aliphatic heterocycles. The zero-order valence-corrected chi connectivity index (χ0v) is 35.3. The number of hydrogen-bond acceptors (Lipinski definition) is 10. The van der Waals surface area contributed by atoms with Crippen LogP contribution in [0.5, 0.6) is 0 Å². The van der Waals surface area contributed by atoms with Gasteiger partial charge in [-0.25, -0.2) is 19.6 Å². The highest BCUT2D eigenvalue weighted by Crippen LogP contribution is 2.50. The molecule has 16 heteroatoms. The molecule has 16 nitrogen and oxygen atoms in total. The van der Waals surface area contributed by atoms with Crippen molar-refractivity contribution in [3.05, 3.63) is 72.6 Å². The monoisotopic (exact) mass is 848 g/mol. The minimum Gasteiger partial charge on any atom is -0.446 e. The van der Waals surface area contributed by atoms with Crippen LogP contribution in [0.1, 0.15) is 95.4 Å². The highest BCUT2D eigenvalue weighted by Gasteiger charge is 2.51. The molecular weight excluding hydrogens is 793 g/mol. The van der Waals surface area contributed by atoms with Gasteiger partial charge in [0.25, 0.3) is 0 Å². The lowest BCUT2D eigenvalue weighted by atomic mass is 9.97. The van der Waals surface area contributed by atoms with E-state index in [-0.39, 0.29) is 42.1 Å². The second-order valence-corrected chi connectivity index (χ2v) is 17.3. The summed E-state index contributed by atoms with van der Waals surface area (Å²) in [6, 6.07) is 14.9. The summed E-state index contributed by atoms with van der Waals surface area (Å²) in [4.78, 5) is 72.7. The summed E-state index contributed by atoms with van der Waals surface area (Å²) in [5.41, 5.74) is 5.82. The molecule has 4 amide bonds. The molecule has 2 unspecified atom stereocenters. The van der Waals surface area contributed by atoms with Gasteiger partial charge in [-0.05, 0) is 74.1 Å². The summed E-state index contributed by atoms with van der Waals surface area (Å²) in [5.74, 6) is 1.51. The van der Waals surface area contributed by atoms with E-state index in [1.54, 1.807) is 24.9 Å². The molecule has 1 saturated carbocycles. The van der Waals surface area contributed by atoms with Crippen molar-refractivity contribution in [3.63, 3.8) is 0 Å². The van der Waals surface area contributed by atoms with Crippen molar-refractivity contribution in [2.75, 3.05) is 33.0 Å². The molecule has 6 atom stereocenters. The van der Waals surface area contributed by atoms with Crippen molar-refractivity contribution in [1.29, 1.82) is 0 Å². The number of amides is 4. The molecule has 5 fully saturated rings. The number of likely N-dealkylation sites (tertiary alicyclic amines) is 2. The molecule has 2 bridgehead atoms. The van der Waals surface area contributed by atoms with E-state index in [0.29, 0.717) is 64.6 Å². The Morgan fingerprint density at radius 2 is 1.16 bits per heavy atom. The number of aromatic nitrogens is 4. The number of aromatic amines is 2. The number of carbonyl (C=O) groups is 4. The largest absolute Gasteiger partial charge is 0.446 e. The first-order chi connectivity index (χ1) is 30.2. The third-order valence-electron chi connectivity index (χ3n) is 13.2. The minimum absolute atomic E-state index is 0.120. The zero-order chi connectivity index (χ0) is 42.7. The number of H-pyrrole nitrogens is 2. The van der Waals surface area contributed by atoms with Crippen LogP contribution < -0.4 is 10.6 Å². The first-order valence-corrected chi connectivity index (χ1v) is 22.2. The van der Waals surface area contributed by atoms with Crippen molar-refractivity contribution >= 4 is 24.0 Å². The normalized spacial score (nSPS) is 23.8. The quantitative estimate of drug-likeness (QED) is 0.131. The maximum Gasteiger partial charge on any atom is 0.408 e. The number of imidazole rings is 2. The van der Waals surface area contributed by atoms with Crippen LogP contribution in [0.3, 0.4) is 0 Å². The van der Waals surface area contributed by atoms with E-state index in [1.165, 1.54) is 0 Å². The maximum atomic E-state index is 13.8. The second kappa shape index (κ2) is 18.3. The van der Waals surface area contributed by atoms with Gasteiger partial charge in [0, 0.05) is 38.3 Å². The third kappa shape index (κ3) is 8.93. The topological polar surface area (TPSA) is 193 Å². The number of hydrogen-bond donors (Lipinski definition) is 4. The van der Waals surface area contributed by atoms with Gasteiger partial charge in [0.05, 0.1) is 62.3 Å². The molecular formula is C46H56N8O8. The SMILES string of the molecule is CC(NC(=O)OC1CCOCC1)C(=O)N1CCC[C@H]1c1ncc(-c2ccc(-c3ccc(-c4cnc([C@H]5[C@H]6CC[C@@H](C6)N5C(=O)C(C)NC(=O)OC5CCOCC5)[nH]4)cc3)cc2)[nH]1. The number of nitrogens with zero attached hydrogens (tertiary/aromatic N) is 4. The Bertz CT molecular complexity index is 2210. The van der Waals surface area contributed by atoms with Gasteiger partial charge in [-0.1, -0.05) is 48.5 Å². The molecule has 0 spiro atoms. The van der Waals surface area contributed by atoms with Gasteiger partial charge in [-0.3, -0.25) is 9.59 Å². The van der Waals surface area contributed by atoms with Crippen molar-refractivity contribution in [2.24, 2.45) is 5.92 Å². The number of benzene rings is 2. The van der Waals surface area contributed by atoms with Crippen molar-refractivity contribution in [3.8, 4) is 33.6 Å². The lowest BCUT2D eigenvalue weighted by Gasteiger charge is -2.36. The molecule has 4 saturated heterocycles. The Morgan fingerprint density at radius 1 is 0.661 bits per heavy atom. The Morgan fingerprint density at radius 3 is 1.73 bits per heavy atom. The number of alkyl carbamates (subject to hydrolysis) is 2. The van der Waals surface area contributed by atoms with Crippen molar-refractivity contribution in [2.45, 2.75) is 114 Å². The van der Waals surface area contributed by atoms with Gasteiger partial charge in [-0.2, -0.15) is 0 Å².